The second-order valence-electron chi connectivity index (χ2n) is 7.60. The van der Waals surface area contributed by atoms with E-state index in [2.05, 4.69) is 14.8 Å². The Labute approximate surface area is 144 Å². The molecule has 1 aromatic heterocycles. The highest BCUT2D eigenvalue weighted by Gasteiger charge is 2.41. The largest absolute Gasteiger partial charge is 0.497 e. The molecule has 5 heteroatoms. The number of hydrogen-bond acceptors (Lipinski definition) is 4. The number of hydrogen-bond donors (Lipinski definition) is 0. The van der Waals surface area contributed by atoms with Crippen molar-refractivity contribution >= 4 is 5.91 Å². The highest BCUT2D eigenvalue weighted by atomic mass is 16.5. The molecular formula is C19H27N3O2. The van der Waals surface area contributed by atoms with Crippen LogP contribution in [0.2, 0.25) is 0 Å². The van der Waals surface area contributed by atoms with Gasteiger partial charge in [0.15, 0.2) is 0 Å². The van der Waals surface area contributed by atoms with Gasteiger partial charge in [-0.15, -0.1) is 0 Å². The number of carbonyl (C=O) groups is 1. The van der Waals surface area contributed by atoms with E-state index in [0.29, 0.717) is 11.9 Å². The molecule has 3 saturated heterocycles. The molecule has 1 aromatic rings. The average molecular weight is 329 g/mol. The van der Waals surface area contributed by atoms with E-state index in [4.69, 9.17) is 4.74 Å². The summed E-state index contributed by atoms with van der Waals surface area (Å²) in [6, 6.07) is 4.27. The molecule has 4 fully saturated rings. The lowest BCUT2D eigenvalue weighted by Crippen LogP contribution is -2.50. The summed E-state index contributed by atoms with van der Waals surface area (Å²) in [6.45, 7) is 3.64. The molecule has 2 bridgehead atoms. The summed E-state index contributed by atoms with van der Waals surface area (Å²) in [5.74, 6) is 2.18. The van der Waals surface area contributed by atoms with Crippen molar-refractivity contribution in [1.82, 2.24) is 14.8 Å². The Balaban J connectivity index is 1.46. The average Bonchev–Trinajstić information content (AvgIpc) is 2.82. The van der Waals surface area contributed by atoms with Gasteiger partial charge in [-0.25, -0.2) is 0 Å². The van der Waals surface area contributed by atoms with Crippen molar-refractivity contribution in [3.8, 4) is 5.75 Å². The molecule has 2 atom stereocenters. The van der Waals surface area contributed by atoms with Gasteiger partial charge >= 0.3 is 0 Å². The Morgan fingerprint density at radius 3 is 2.88 bits per heavy atom. The third-order valence-corrected chi connectivity index (χ3v) is 5.96. The Kier molecular flexibility index (Phi) is 4.44. The van der Waals surface area contributed by atoms with Crippen molar-refractivity contribution in [2.45, 2.75) is 44.7 Å². The van der Waals surface area contributed by atoms with Gasteiger partial charge in [-0.2, -0.15) is 0 Å². The topological polar surface area (TPSA) is 45.7 Å². The molecule has 5 rings (SSSR count). The number of aromatic nitrogens is 1. The smallest absolute Gasteiger partial charge is 0.227 e. The zero-order valence-corrected chi connectivity index (χ0v) is 14.5. The molecule has 4 aliphatic rings. The molecule has 3 aliphatic heterocycles. The van der Waals surface area contributed by atoms with Crippen molar-refractivity contribution in [3.63, 3.8) is 0 Å². The van der Waals surface area contributed by atoms with Crippen molar-refractivity contribution in [1.29, 1.82) is 0 Å². The lowest BCUT2D eigenvalue weighted by Gasteiger charge is -2.40. The van der Waals surface area contributed by atoms with Crippen LogP contribution in [-0.4, -0.2) is 53.5 Å². The summed E-state index contributed by atoms with van der Waals surface area (Å²) in [5.41, 5.74) is 1.02. The second kappa shape index (κ2) is 6.71. The van der Waals surface area contributed by atoms with E-state index < -0.39 is 0 Å². The van der Waals surface area contributed by atoms with E-state index in [1.807, 2.05) is 12.1 Å². The number of amides is 1. The maximum atomic E-state index is 12.8. The molecule has 0 aromatic carbocycles. The molecule has 1 aliphatic carbocycles. The maximum absolute atomic E-state index is 12.8. The van der Waals surface area contributed by atoms with Crippen LogP contribution in [0.3, 0.4) is 0 Å². The van der Waals surface area contributed by atoms with E-state index >= 15 is 0 Å². The Morgan fingerprint density at radius 2 is 2.12 bits per heavy atom. The molecule has 0 unspecified atom stereocenters. The third-order valence-electron chi connectivity index (χ3n) is 5.96. The molecule has 0 N–H and O–H groups in total. The first-order valence-corrected chi connectivity index (χ1v) is 9.24. The predicted octanol–water partition coefficient (Wildman–Crippen LogP) is 2.31. The molecule has 4 heterocycles. The highest BCUT2D eigenvalue weighted by molar-refractivity contribution is 5.80. The molecule has 1 amide bonds. The van der Waals surface area contributed by atoms with Gasteiger partial charge in [-0.3, -0.25) is 14.7 Å². The van der Waals surface area contributed by atoms with Crippen LogP contribution < -0.4 is 4.74 Å². The van der Waals surface area contributed by atoms with E-state index in [9.17, 15) is 4.79 Å². The van der Waals surface area contributed by atoms with Crippen LogP contribution >= 0.6 is 0 Å². The zero-order chi connectivity index (χ0) is 16.5. The van der Waals surface area contributed by atoms with E-state index in [1.54, 1.807) is 13.3 Å². The van der Waals surface area contributed by atoms with Crippen molar-refractivity contribution < 1.29 is 9.53 Å². The molecule has 24 heavy (non-hydrogen) atoms. The Hall–Kier alpha value is -1.62. The third kappa shape index (κ3) is 3.14. The van der Waals surface area contributed by atoms with Gasteiger partial charge in [0.05, 0.1) is 18.7 Å². The number of piperidine rings is 1. The van der Waals surface area contributed by atoms with Crippen LogP contribution in [0.25, 0.3) is 0 Å². The minimum Gasteiger partial charge on any atom is -0.497 e. The van der Waals surface area contributed by atoms with Gasteiger partial charge in [0.1, 0.15) is 5.75 Å². The van der Waals surface area contributed by atoms with Gasteiger partial charge < -0.3 is 9.64 Å². The summed E-state index contributed by atoms with van der Waals surface area (Å²) in [5, 5.41) is 0. The Bertz CT molecular complexity index is 602. The molecule has 0 radical (unpaired) electrons. The molecule has 130 valence electrons. The highest BCUT2D eigenvalue weighted by Crippen LogP contribution is 2.34. The number of methoxy groups -OCH3 is 1. The Morgan fingerprint density at radius 1 is 1.25 bits per heavy atom. The zero-order valence-electron chi connectivity index (χ0n) is 14.5. The van der Waals surface area contributed by atoms with Gasteiger partial charge in [0.25, 0.3) is 0 Å². The molecule has 0 spiro atoms. The summed E-state index contributed by atoms with van der Waals surface area (Å²) in [4.78, 5) is 22.0. The first-order chi connectivity index (χ1) is 11.7. The SMILES string of the molecule is COc1ccnc(CN2C[C@H]3CC[C@@H](C2)N(CC2CCC2)C3=O)c1. The molecule has 5 nitrogen and oxygen atoms in total. The molecule has 1 saturated carbocycles. The van der Waals surface area contributed by atoms with Crippen molar-refractivity contribution in [2.24, 2.45) is 11.8 Å². The lowest BCUT2D eigenvalue weighted by atomic mass is 9.83. The number of carbonyl (C=O) groups excluding carboxylic acids is 1. The van der Waals surface area contributed by atoms with Gasteiger partial charge in [0.2, 0.25) is 5.91 Å². The van der Waals surface area contributed by atoms with Crippen LogP contribution in [0.4, 0.5) is 0 Å². The van der Waals surface area contributed by atoms with Crippen molar-refractivity contribution in [2.75, 3.05) is 26.7 Å². The minimum atomic E-state index is 0.175. The van der Waals surface area contributed by atoms with Crippen LogP contribution in [0.5, 0.6) is 5.75 Å². The minimum absolute atomic E-state index is 0.175. The van der Waals surface area contributed by atoms with E-state index in [0.717, 1.165) is 56.4 Å². The summed E-state index contributed by atoms with van der Waals surface area (Å²) in [6.07, 6.45) is 7.96. The fraction of sp³-hybridized carbons (Fsp3) is 0.684. The summed E-state index contributed by atoms with van der Waals surface area (Å²) in [7, 11) is 1.68. The van der Waals surface area contributed by atoms with Gasteiger partial charge in [-0.1, -0.05) is 6.42 Å². The van der Waals surface area contributed by atoms with Gasteiger partial charge in [0, 0.05) is 44.5 Å². The second-order valence-corrected chi connectivity index (χ2v) is 7.60. The lowest BCUT2D eigenvalue weighted by molar-refractivity contribution is -0.141. The van der Waals surface area contributed by atoms with E-state index in [1.165, 1.54) is 19.3 Å². The fourth-order valence-corrected chi connectivity index (χ4v) is 4.35. The fourth-order valence-electron chi connectivity index (χ4n) is 4.35. The first kappa shape index (κ1) is 15.9. The quantitative estimate of drug-likeness (QED) is 0.832. The standard InChI is InChI=1S/C19H27N3O2/c1-24-18-7-8-20-16(9-18)12-21-11-15-5-6-17(13-21)22(19(15)23)10-14-3-2-4-14/h7-9,14-15,17H,2-6,10-13H2,1H3/t15-,17+/m1/s1. The number of fused-ring (bicyclic) bond motifs is 4. The first-order valence-electron chi connectivity index (χ1n) is 9.24. The normalized spacial score (nSPS) is 27.9. The number of rotatable bonds is 5. The summed E-state index contributed by atoms with van der Waals surface area (Å²) < 4.78 is 5.30. The number of nitrogens with zero attached hydrogens (tertiary/aromatic N) is 3. The van der Waals surface area contributed by atoms with Gasteiger partial charge in [-0.05, 0) is 37.7 Å². The maximum Gasteiger partial charge on any atom is 0.227 e. The van der Waals surface area contributed by atoms with Crippen LogP contribution in [-0.2, 0) is 11.3 Å². The molecular weight excluding hydrogens is 302 g/mol. The predicted molar refractivity (Wildman–Crippen MR) is 91.6 cm³/mol. The number of pyridine rings is 1. The van der Waals surface area contributed by atoms with E-state index in [-0.39, 0.29) is 5.92 Å². The van der Waals surface area contributed by atoms with Crippen LogP contribution in [0.15, 0.2) is 18.3 Å². The summed E-state index contributed by atoms with van der Waals surface area (Å²) >= 11 is 0. The van der Waals surface area contributed by atoms with Crippen molar-refractivity contribution in [3.05, 3.63) is 24.0 Å². The van der Waals surface area contributed by atoms with Crippen LogP contribution in [0, 0.1) is 11.8 Å². The monoisotopic (exact) mass is 329 g/mol. The number of ether oxygens (including phenoxy) is 1. The van der Waals surface area contributed by atoms with Crippen LogP contribution in [0.1, 0.15) is 37.8 Å².